The molecular formula is C11H19N5OS. The molecule has 100 valence electrons. The largest absolute Gasteiger partial charge is 0.378 e. The predicted octanol–water partition coefficient (Wildman–Crippen LogP) is 1.32. The van der Waals surface area contributed by atoms with Gasteiger partial charge in [0.2, 0.25) is 0 Å². The molecule has 0 spiro atoms. The topological polar surface area (TPSA) is 85.1 Å². The summed E-state index contributed by atoms with van der Waals surface area (Å²) in [5.41, 5.74) is 2.55. The first-order valence-electron chi connectivity index (χ1n) is 5.98. The van der Waals surface area contributed by atoms with Gasteiger partial charge in [0, 0.05) is 25.1 Å². The SMILES string of the molecule is CSc1nc(NN)cc(NCC2CCOC2C)n1. The molecule has 0 aromatic carbocycles. The van der Waals surface area contributed by atoms with Crippen molar-refractivity contribution < 1.29 is 4.74 Å². The second kappa shape index (κ2) is 6.21. The maximum Gasteiger partial charge on any atom is 0.191 e. The van der Waals surface area contributed by atoms with E-state index in [2.05, 4.69) is 27.6 Å². The highest BCUT2D eigenvalue weighted by Crippen LogP contribution is 2.22. The Balaban J connectivity index is 1.99. The van der Waals surface area contributed by atoms with Crippen molar-refractivity contribution in [1.29, 1.82) is 0 Å². The van der Waals surface area contributed by atoms with Crippen LogP contribution in [-0.2, 0) is 4.74 Å². The Kier molecular flexibility index (Phi) is 4.62. The highest BCUT2D eigenvalue weighted by atomic mass is 32.2. The number of hydrazine groups is 1. The second-order valence-electron chi connectivity index (χ2n) is 4.28. The monoisotopic (exact) mass is 269 g/mol. The fraction of sp³-hybridized carbons (Fsp3) is 0.636. The van der Waals surface area contributed by atoms with Gasteiger partial charge in [-0.25, -0.2) is 15.8 Å². The molecule has 6 nitrogen and oxygen atoms in total. The number of ether oxygens (including phenoxy) is 1. The van der Waals surface area contributed by atoms with Crippen molar-refractivity contribution in [2.45, 2.75) is 24.6 Å². The van der Waals surface area contributed by atoms with Gasteiger partial charge >= 0.3 is 0 Å². The molecule has 0 saturated carbocycles. The van der Waals surface area contributed by atoms with E-state index >= 15 is 0 Å². The van der Waals surface area contributed by atoms with Gasteiger partial charge in [-0.15, -0.1) is 0 Å². The lowest BCUT2D eigenvalue weighted by molar-refractivity contribution is 0.108. The number of thioether (sulfide) groups is 1. The van der Waals surface area contributed by atoms with Gasteiger partial charge in [0.05, 0.1) is 6.10 Å². The molecule has 1 saturated heterocycles. The Morgan fingerprint density at radius 3 is 2.89 bits per heavy atom. The summed E-state index contributed by atoms with van der Waals surface area (Å²) < 4.78 is 5.53. The average Bonchev–Trinajstić information content (AvgIpc) is 2.81. The third kappa shape index (κ3) is 3.24. The van der Waals surface area contributed by atoms with Crippen LogP contribution in [0.25, 0.3) is 0 Å². The molecule has 2 rings (SSSR count). The maximum absolute atomic E-state index is 5.53. The molecule has 0 amide bonds. The number of aromatic nitrogens is 2. The van der Waals surface area contributed by atoms with Crippen molar-refractivity contribution in [3.8, 4) is 0 Å². The molecule has 18 heavy (non-hydrogen) atoms. The summed E-state index contributed by atoms with van der Waals surface area (Å²) in [5, 5.41) is 4.02. The van der Waals surface area contributed by atoms with Crippen molar-refractivity contribution in [2.24, 2.45) is 11.8 Å². The van der Waals surface area contributed by atoms with Gasteiger partial charge in [-0.05, 0) is 19.6 Å². The van der Waals surface area contributed by atoms with Gasteiger partial charge in [-0.3, -0.25) is 0 Å². The summed E-state index contributed by atoms with van der Waals surface area (Å²) in [6.07, 6.45) is 3.34. The van der Waals surface area contributed by atoms with Gasteiger partial charge < -0.3 is 15.5 Å². The van der Waals surface area contributed by atoms with E-state index in [-0.39, 0.29) is 0 Å². The molecule has 7 heteroatoms. The van der Waals surface area contributed by atoms with E-state index in [0.29, 0.717) is 23.0 Å². The zero-order valence-electron chi connectivity index (χ0n) is 10.6. The Morgan fingerprint density at radius 1 is 1.50 bits per heavy atom. The van der Waals surface area contributed by atoms with Gasteiger partial charge in [0.25, 0.3) is 0 Å². The number of nitrogen functional groups attached to an aromatic ring is 1. The molecule has 1 aliphatic rings. The lowest BCUT2D eigenvalue weighted by Crippen LogP contribution is -2.21. The minimum atomic E-state index is 0.312. The van der Waals surface area contributed by atoms with Crippen LogP contribution in [0.5, 0.6) is 0 Å². The highest BCUT2D eigenvalue weighted by Gasteiger charge is 2.23. The molecule has 0 radical (unpaired) electrons. The molecular weight excluding hydrogens is 250 g/mol. The number of nitrogens with zero attached hydrogens (tertiary/aromatic N) is 2. The zero-order valence-corrected chi connectivity index (χ0v) is 11.5. The van der Waals surface area contributed by atoms with Crippen LogP contribution in [-0.4, -0.2) is 35.5 Å². The van der Waals surface area contributed by atoms with E-state index in [1.807, 2.05) is 6.26 Å². The quantitative estimate of drug-likeness (QED) is 0.322. The second-order valence-corrected chi connectivity index (χ2v) is 5.05. The summed E-state index contributed by atoms with van der Waals surface area (Å²) in [4.78, 5) is 8.61. The number of anilines is 2. The van der Waals surface area contributed by atoms with Crippen molar-refractivity contribution in [2.75, 3.05) is 30.1 Å². The molecule has 0 bridgehead atoms. The van der Waals surface area contributed by atoms with Crippen molar-refractivity contribution in [1.82, 2.24) is 9.97 Å². The van der Waals surface area contributed by atoms with Crippen LogP contribution < -0.4 is 16.6 Å². The summed E-state index contributed by atoms with van der Waals surface area (Å²) in [5.74, 6) is 7.33. The summed E-state index contributed by atoms with van der Waals surface area (Å²) in [7, 11) is 0. The van der Waals surface area contributed by atoms with E-state index in [4.69, 9.17) is 10.6 Å². The molecule has 2 atom stereocenters. The van der Waals surface area contributed by atoms with Gasteiger partial charge in [-0.1, -0.05) is 11.8 Å². The number of hydrogen-bond acceptors (Lipinski definition) is 7. The van der Waals surface area contributed by atoms with Gasteiger partial charge in [0.15, 0.2) is 5.16 Å². The Morgan fingerprint density at radius 2 is 2.28 bits per heavy atom. The van der Waals surface area contributed by atoms with E-state index in [0.717, 1.165) is 25.4 Å². The predicted molar refractivity (Wildman–Crippen MR) is 73.6 cm³/mol. The highest BCUT2D eigenvalue weighted by molar-refractivity contribution is 7.98. The average molecular weight is 269 g/mol. The Hall–Kier alpha value is -1.05. The van der Waals surface area contributed by atoms with E-state index < -0.39 is 0 Å². The fourth-order valence-electron chi connectivity index (χ4n) is 1.96. The first-order chi connectivity index (χ1) is 8.72. The number of nitrogens with two attached hydrogens (primary N) is 1. The molecule has 2 heterocycles. The van der Waals surface area contributed by atoms with Gasteiger partial charge in [-0.2, -0.15) is 0 Å². The molecule has 4 N–H and O–H groups in total. The zero-order chi connectivity index (χ0) is 13.0. The number of hydrogen-bond donors (Lipinski definition) is 3. The van der Waals surface area contributed by atoms with Crippen LogP contribution in [0.2, 0.25) is 0 Å². The summed E-state index contributed by atoms with van der Waals surface area (Å²) in [6, 6.07) is 1.81. The molecule has 0 aliphatic carbocycles. The van der Waals surface area contributed by atoms with Gasteiger partial charge in [0.1, 0.15) is 11.6 Å². The van der Waals surface area contributed by atoms with Crippen LogP contribution in [0.15, 0.2) is 11.2 Å². The summed E-state index contributed by atoms with van der Waals surface area (Å²) in [6.45, 7) is 3.82. The van der Waals surface area contributed by atoms with Crippen molar-refractivity contribution in [3.63, 3.8) is 0 Å². The van der Waals surface area contributed by atoms with E-state index in [1.165, 1.54) is 11.8 Å². The molecule has 2 unspecified atom stereocenters. The van der Waals surface area contributed by atoms with Crippen LogP contribution in [0.3, 0.4) is 0 Å². The number of nitrogens with one attached hydrogen (secondary N) is 2. The van der Waals surface area contributed by atoms with Crippen LogP contribution in [0.1, 0.15) is 13.3 Å². The smallest absolute Gasteiger partial charge is 0.191 e. The number of rotatable bonds is 5. The third-order valence-electron chi connectivity index (χ3n) is 3.11. The Labute approximate surface area is 111 Å². The normalized spacial score (nSPS) is 23.1. The Bertz CT molecular complexity index is 381. The van der Waals surface area contributed by atoms with Crippen LogP contribution in [0, 0.1) is 5.92 Å². The van der Waals surface area contributed by atoms with E-state index in [9.17, 15) is 0 Å². The summed E-state index contributed by atoms with van der Waals surface area (Å²) >= 11 is 1.49. The lowest BCUT2D eigenvalue weighted by atomic mass is 10.0. The molecule has 1 fully saturated rings. The third-order valence-corrected chi connectivity index (χ3v) is 3.66. The van der Waals surface area contributed by atoms with Crippen molar-refractivity contribution in [3.05, 3.63) is 6.07 Å². The fourth-order valence-corrected chi connectivity index (χ4v) is 2.34. The van der Waals surface area contributed by atoms with E-state index in [1.54, 1.807) is 6.07 Å². The first kappa shape index (κ1) is 13.4. The lowest BCUT2D eigenvalue weighted by Gasteiger charge is -2.15. The molecule has 1 aliphatic heterocycles. The molecule has 1 aromatic rings. The standard InChI is InChI=1S/C11H19N5OS/c1-7-8(3-4-17-7)6-13-9-5-10(16-12)15-11(14-9)18-2/h5,7-8H,3-4,6,12H2,1-2H3,(H2,13,14,15,16). The first-order valence-corrected chi connectivity index (χ1v) is 7.20. The van der Waals surface area contributed by atoms with Crippen molar-refractivity contribution >= 4 is 23.4 Å². The minimum Gasteiger partial charge on any atom is -0.378 e. The van der Waals surface area contributed by atoms with Crippen LogP contribution >= 0.6 is 11.8 Å². The maximum atomic E-state index is 5.53. The van der Waals surface area contributed by atoms with Crippen LogP contribution in [0.4, 0.5) is 11.6 Å². The molecule has 1 aromatic heterocycles. The minimum absolute atomic E-state index is 0.312.